The molecule has 0 radical (unpaired) electrons. The van der Waals surface area contributed by atoms with Crippen molar-refractivity contribution in [2.45, 2.75) is 32.9 Å². The van der Waals surface area contributed by atoms with Crippen LogP contribution in [0.3, 0.4) is 0 Å². The second kappa shape index (κ2) is 8.44. The quantitative estimate of drug-likeness (QED) is 0.619. The van der Waals surface area contributed by atoms with Crippen LogP contribution in [0, 0.1) is 18.6 Å². The van der Waals surface area contributed by atoms with Gasteiger partial charge in [0.05, 0.1) is 17.2 Å². The van der Waals surface area contributed by atoms with Crippen molar-refractivity contribution in [3.05, 3.63) is 45.9 Å². The van der Waals surface area contributed by atoms with Crippen LogP contribution in [-0.4, -0.2) is 36.6 Å². The van der Waals surface area contributed by atoms with E-state index in [1.807, 2.05) is 24.9 Å². The fourth-order valence-electron chi connectivity index (χ4n) is 2.98. The molecule has 5 nitrogen and oxygen atoms in total. The van der Waals surface area contributed by atoms with Crippen molar-refractivity contribution in [1.82, 2.24) is 15.6 Å². The first-order valence-corrected chi connectivity index (χ1v) is 9.53. The van der Waals surface area contributed by atoms with Crippen molar-refractivity contribution < 1.29 is 8.78 Å². The summed E-state index contributed by atoms with van der Waals surface area (Å²) in [6.45, 7) is 6.69. The zero-order valence-corrected chi connectivity index (χ0v) is 15.7. The number of thiazole rings is 1. The Balaban J connectivity index is 1.61. The van der Waals surface area contributed by atoms with Crippen molar-refractivity contribution in [2.75, 3.05) is 24.5 Å². The third-order valence-electron chi connectivity index (χ3n) is 4.19. The standard InChI is InChI=1S/C18H23F2N5S/c1-3-21-18(23-10-15-9-22-12(2)26-15)24-14-6-7-25(11-14)17-5-4-13(19)8-16(17)20/h4-5,8-9,14H,3,6-7,10-11H2,1-2H3,(H2,21,23,24). The molecule has 1 atom stereocenters. The second-order valence-electron chi connectivity index (χ2n) is 6.21. The molecule has 0 spiro atoms. The number of aryl methyl sites for hydroxylation is 1. The van der Waals surface area contributed by atoms with Gasteiger partial charge in [0.25, 0.3) is 0 Å². The molecule has 1 aromatic carbocycles. The number of aromatic nitrogens is 1. The van der Waals surface area contributed by atoms with Gasteiger partial charge in [0, 0.05) is 42.8 Å². The summed E-state index contributed by atoms with van der Waals surface area (Å²) in [5.41, 5.74) is 0.442. The van der Waals surface area contributed by atoms with Crippen molar-refractivity contribution in [1.29, 1.82) is 0 Å². The van der Waals surface area contributed by atoms with E-state index in [-0.39, 0.29) is 6.04 Å². The van der Waals surface area contributed by atoms with Gasteiger partial charge in [-0.05, 0) is 32.4 Å². The summed E-state index contributed by atoms with van der Waals surface area (Å²) >= 11 is 1.64. The van der Waals surface area contributed by atoms with Crippen LogP contribution in [-0.2, 0) is 6.54 Å². The maximum absolute atomic E-state index is 14.0. The molecule has 1 aliphatic heterocycles. The maximum Gasteiger partial charge on any atom is 0.191 e. The van der Waals surface area contributed by atoms with Crippen molar-refractivity contribution >= 4 is 23.0 Å². The zero-order valence-electron chi connectivity index (χ0n) is 14.9. The smallest absolute Gasteiger partial charge is 0.191 e. The fourth-order valence-corrected chi connectivity index (χ4v) is 3.70. The number of guanidine groups is 1. The van der Waals surface area contributed by atoms with Crippen LogP contribution < -0.4 is 15.5 Å². The average molecular weight is 379 g/mol. The molecule has 1 aliphatic rings. The summed E-state index contributed by atoms with van der Waals surface area (Å²) in [7, 11) is 0. The highest BCUT2D eigenvalue weighted by molar-refractivity contribution is 7.11. The SMILES string of the molecule is CCNC(=NCc1cnc(C)s1)NC1CCN(c2ccc(F)cc2F)C1. The Morgan fingerprint density at radius 3 is 2.96 bits per heavy atom. The highest BCUT2D eigenvalue weighted by atomic mass is 32.1. The number of rotatable bonds is 5. The van der Waals surface area contributed by atoms with Crippen LogP contribution in [0.5, 0.6) is 0 Å². The minimum atomic E-state index is -0.556. The van der Waals surface area contributed by atoms with Crippen molar-refractivity contribution in [3.63, 3.8) is 0 Å². The van der Waals surface area contributed by atoms with E-state index in [9.17, 15) is 8.78 Å². The van der Waals surface area contributed by atoms with Crippen LogP contribution in [0.4, 0.5) is 14.5 Å². The molecule has 140 valence electrons. The molecule has 1 unspecified atom stereocenters. The van der Waals surface area contributed by atoms with Gasteiger partial charge in [-0.2, -0.15) is 0 Å². The van der Waals surface area contributed by atoms with Gasteiger partial charge in [-0.25, -0.2) is 18.8 Å². The first kappa shape index (κ1) is 18.6. The van der Waals surface area contributed by atoms with Gasteiger partial charge in [0.1, 0.15) is 11.6 Å². The highest BCUT2D eigenvalue weighted by Gasteiger charge is 2.25. The number of hydrogen-bond acceptors (Lipinski definition) is 4. The Kier molecular flexibility index (Phi) is 6.03. The summed E-state index contributed by atoms with van der Waals surface area (Å²) in [5, 5.41) is 7.68. The van der Waals surface area contributed by atoms with E-state index in [0.717, 1.165) is 34.9 Å². The molecular weight excluding hydrogens is 356 g/mol. The number of nitrogens with zero attached hydrogens (tertiary/aromatic N) is 3. The van der Waals surface area contributed by atoms with Crippen LogP contribution in [0.2, 0.25) is 0 Å². The Morgan fingerprint density at radius 2 is 2.27 bits per heavy atom. The van der Waals surface area contributed by atoms with Crippen molar-refractivity contribution in [3.8, 4) is 0 Å². The summed E-state index contributed by atoms with van der Waals surface area (Å²) in [6, 6.07) is 3.87. The fraction of sp³-hybridized carbons (Fsp3) is 0.444. The van der Waals surface area contributed by atoms with Crippen LogP contribution >= 0.6 is 11.3 Å². The normalized spacial score (nSPS) is 17.6. The lowest BCUT2D eigenvalue weighted by Crippen LogP contribution is -2.44. The zero-order chi connectivity index (χ0) is 18.5. The van der Waals surface area contributed by atoms with E-state index in [4.69, 9.17) is 0 Å². The number of halogens is 2. The number of anilines is 1. The largest absolute Gasteiger partial charge is 0.367 e. The van der Waals surface area contributed by atoms with E-state index >= 15 is 0 Å². The van der Waals surface area contributed by atoms with E-state index in [1.54, 1.807) is 11.3 Å². The lowest BCUT2D eigenvalue weighted by atomic mass is 10.2. The molecule has 2 heterocycles. The average Bonchev–Trinajstić information content (AvgIpc) is 3.22. The third kappa shape index (κ3) is 4.69. The number of benzene rings is 1. The molecule has 0 aliphatic carbocycles. The summed E-state index contributed by atoms with van der Waals surface area (Å²) in [4.78, 5) is 11.9. The second-order valence-corrected chi connectivity index (χ2v) is 7.53. The van der Waals surface area contributed by atoms with E-state index < -0.39 is 11.6 Å². The molecule has 2 N–H and O–H groups in total. The molecular formula is C18H23F2N5S. The van der Waals surface area contributed by atoms with Gasteiger partial charge in [0.15, 0.2) is 5.96 Å². The van der Waals surface area contributed by atoms with Crippen LogP contribution in [0.1, 0.15) is 23.2 Å². The van der Waals surface area contributed by atoms with Gasteiger partial charge >= 0.3 is 0 Å². The van der Waals surface area contributed by atoms with Crippen LogP contribution in [0.15, 0.2) is 29.4 Å². The number of hydrogen-bond donors (Lipinski definition) is 2. The van der Waals surface area contributed by atoms with E-state index in [2.05, 4.69) is 20.6 Å². The molecule has 26 heavy (non-hydrogen) atoms. The molecule has 3 rings (SSSR count). The molecule has 0 amide bonds. The summed E-state index contributed by atoms with van der Waals surface area (Å²) in [5.74, 6) is -0.336. The lowest BCUT2D eigenvalue weighted by Gasteiger charge is -2.21. The Morgan fingerprint density at radius 1 is 1.42 bits per heavy atom. The third-order valence-corrected chi connectivity index (χ3v) is 5.08. The van der Waals surface area contributed by atoms with Gasteiger partial charge in [0.2, 0.25) is 0 Å². The van der Waals surface area contributed by atoms with Gasteiger partial charge in [-0.1, -0.05) is 0 Å². The lowest BCUT2D eigenvalue weighted by molar-refractivity contribution is 0.580. The van der Waals surface area contributed by atoms with Gasteiger partial charge in [-0.3, -0.25) is 0 Å². The molecule has 1 saturated heterocycles. The Hall–Kier alpha value is -2.22. The molecule has 8 heteroatoms. The molecule has 2 aromatic rings. The minimum absolute atomic E-state index is 0.153. The first-order valence-electron chi connectivity index (χ1n) is 8.71. The maximum atomic E-state index is 14.0. The molecule has 0 saturated carbocycles. The van der Waals surface area contributed by atoms with Crippen LogP contribution in [0.25, 0.3) is 0 Å². The summed E-state index contributed by atoms with van der Waals surface area (Å²) < 4.78 is 27.1. The monoisotopic (exact) mass is 379 g/mol. The van der Waals surface area contributed by atoms with E-state index in [1.165, 1.54) is 12.1 Å². The first-order chi connectivity index (χ1) is 12.5. The Bertz CT molecular complexity index is 777. The minimum Gasteiger partial charge on any atom is -0.367 e. The molecule has 1 fully saturated rings. The van der Waals surface area contributed by atoms with E-state index in [0.29, 0.717) is 25.3 Å². The number of aliphatic imine (C=N–C) groups is 1. The van der Waals surface area contributed by atoms with Gasteiger partial charge in [-0.15, -0.1) is 11.3 Å². The molecule has 0 bridgehead atoms. The van der Waals surface area contributed by atoms with Gasteiger partial charge < -0.3 is 15.5 Å². The number of nitrogens with one attached hydrogen (secondary N) is 2. The molecule has 1 aromatic heterocycles. The predicted molar refractivity (Wildman–Crippen MR) is 102 cm³/mol. The summed E-state index contributed by atoms with van der Waals surface area (Å²) in [6.07, 6.45) is 2.71. The predicted octanol–water partition coefficient (Wildman–Crippen LogP) is 3.06. The topological polar surface area (TPSA) is 52.6 Å². The highest BCUT2D eigenvalue weighted by Crippen LogP contribution is 2.24. The Labute approximate surface area is 156 Å². The van der Waals surface area contributed by atoms with Crippen molar-refractivity contribution in [2.24, 2.45) is 4.99 Å².